The number of methoxy groups -OCH3 is 1. The average molecular weight is 343 g/mol. The number of Topliss-reactive ketones (excluding diaryl/α,β-unsaturated/α-hetero) is 1. The van der Waals surface area contributed by atoms with Crippen molar-refractivity contribution in [2.75, 3.05) is 13.7 Å². The fourth-order valence-corrected chi connectivity index (χ4v) is 2.02. The van der Waals surface area contributed by atoms with Crippen LogP contribution in [-0.4, -0.2) is 35.7 Å². The Morgan fingerprint density at radius 1 is 1.16 bits per heavy atom. The molecule has 0 atom stereocenters. The molecule has 0 unspecified atom stereocenters. The zero-order chi connectivity index (χ0) is 18.1. The highest BCUT2D eigenvalue weighted by molar-refractivity contribution is 6.21. The first-order valence-electron chi connectivity index (χ1n) is 7.36. The number of ether oxygens (including phenoxy) is 3. The van der Waals surface area contributed by atoms with Gasteiger partial charge in [0.2, 0.25) is 5.78 Å². The molecular formula is C18H17NO6. The SMILES string of the molecule is COC=C(C(=O)COC(=O)O)c1ncccc1OCc1ccccc1. The van der Waals surface area contributed by atoms with E-state index in [1.54, 1.807) is 12.1 Å². The normalized spacial score (nSPS) is 10.8. The predicted molar refractivity (Wildman–Crippen MR) is 89.0 cm³/mol. The van der Waals surface area contributed by atoms with Crippen molar-refractivity contribution in [3.05, 3.63) is 66.2 Å². The Kier molecular flexibility index (Phi) is 6.53. The predicted octanol–water partition coefficient (Wildman–Crippen LogP) is 2.91. The lowest BCUT2D eigenvalue weighted by atomic mass is 10.1. The van der Waals surface area contributed by atoms with Crippen LogP contribution in [0.15, 0.2) is 54.9 Å². The molecule has 0 saturated heterocycles. The Balaban J connectivity index is 2.22. The van der Waals surface area contributed by atoms with E-state index in [2.05, 4.69) is 9.72 Å². The van der Waals surface area contributed by atoms with E-state index in [1.807, 2.05) is 30.3 Å². The van der Waals surface area contributed by atoms with Gasteiger partial charge in [0, 0.05) is 6.20 Å². The number of hydrogen-bond acceptors (Lipinski definition) is 6. The van der Waals surface area contributed by atoms with Crippen molar-refractivity contribution in [2.45, 2.75) is 6.61 Å². The van der Waals surface area contributed by atoms with Gasteiger partial charge >= 0.3 is 6.16 Å². The number of hydrogen-bond donors (Lipinski definition) is 1. The smallest absolute Gasteiger partial charge is 0.504 e. The Hall–Kier alpha value is -3.35. The van der Waals surface area contributed by atoms with Crippen LogP contribution >= 0.6 is 0 Å². The molecule has 7 nitrogen and oxygen atoms in total. The van der Waals surface area contributed by atoms with Gasteiger partial charge in [0.05, 0.1) is 18.9 Å². The van der Waals surface area contributed by atoms with Crippen molar-refractivity contribution >= 4 is 17.5 Å². The topological polar surface area (TPSA) is 95.0 Å². The third kappa shape index (κ3) is 5.35. The van der Waals surface area contributed by atoms with Crippen molar-refractivity contribution < 1.29 is 28.9 Å². The van der Waals surface area contributed by atoms with Gasteiger partial charge in [-0.2, -0.15) is 0 Å². The summed E-state index contributed by atoms with van der Waals surface area (Å²) < 4.78 is 15.0. The fourth-order valence-electron chi connectivity index (χ4n) is 2.02. The monoisotopic (exact) mass is 343 g/mol. The summed E-state index contributed by atoms with van der Waals surface area (Å²) in [4.78, 5) is 26.9. The van der Waals surface area contributed by atoms with Crippen molar-refractivity contribution in [1.29, 1.82) is 0 Å². The van der Waals surface area contributed by atoms with E-state index >= 15 is 0 Å². The molecule has 130 valence electrons. The summed E-state index contributed by atoms with van der Waals surface area (Å²) >= 11 is 0. The highest BCUT2D eigenvalue weighted by Crippen LogP contribution is 2.25. The molecule has 0 saturated carbocycles. The summed E-state index contributed by atoms with van der Waals surface area (Å²) in [6.45, 7) is -0.348. The molecule has 7 heteroatoms. The Bertz CT molecular complexity index is 757. The minimum Gasteiger partial charge on any atom is -0.504 e. The quantitative estimate of drug-likeness (QED) is 0.447. The lowest BCUT2D eigenvalue weighted by Crippen LogP contribution is -2.15. The summed E-state index contributed by atoms with van der Waals surface area (Å²) in [5.41, 5.74) is 1.27. The second-order valence-electron chi connectivity index (χ2n) is 4.87. The molecule has 0 fully saturated rings. The van der Waals surface area contributed by atoms with Crippen molar-refractivity contribution in [3.8, 4) is 5.75 Å². The number of rotatable bonds is 8. The second kappa shape index (κ2) is 9.07. The first-order chi connectivity index (χ1) is 12.1. The number of carboxylic acid groups (broad SMARTS) is 1. The molecule has 0 aliphatic rings. The second-order valence-corrected chi connectivity index (χ2v) is 4.87. The molecule has 25 heavy (non-hydrogen) atoms. The highest BCUT2D eigenvalue weighted by atomic mass is 16.7. The molecule has 0 bridgehead atoms. The number of carbonyl (C=O) groups is 2. The van der Waals surface area contributed by atoms with Gasteiger partial charge in [-0.05, 0) is 17.7 Å². The Labute approximate surface area is 144 Å². The van der Waals surface area contributed by atoms with Crippen LogP contribution in [0.3, 0.4) is 0 Å². The van der Waals surface area contributed by atoms with Crippen LogP contribution in [0.1, 0.15) is 11.3 Å². The molecule has 0 aliphatic heterocycles. The molecule has 1 heterocycles. The molecule has 1 aromatic heterocycles. The Morgan fingerprint density at radius 3 is 2.60 bits per heavy atom. The third-order valence-corrected chi connectivity index (χ3v) is 3.13. The molecule has 0 aliphatic carbocycles. The van der Waals surface area contributed by atoms with Gasteiger partial charge in [0.15, 0.2) is 6.61 Å². The molecule has 1 N–H and O–H groups in total. The molecule has 0 spiro atoms. The van der Waals surface area contributed by atoms with E-state index in [0.717, 1.165) is 5.56 Å². The molecule has 0 amide bonds. The lowest BCUT2D eigenvalue weighted by Gasteiger charge is -2.12. The van der Waals surface area contributed by atoms with Crippen LogP contribution in [-0.2, 0) is 20.9 Å². The summed E-state index contributed by atoms with van der Waals surface area (Å²) in [5, 5.41) is 8.54. The van der Waals surface area contributed by atoms with Crippen LogP contribution in [0.5, 0.6) is 5.75 Å². The van der Waals surface area contributed by atoms with Crippen LogP contribution in [0.4, 0.5) is 4.79 Å². The van der Waals surface area contributed by atoms with E-state index in [-0.39, 0.29) is 11.3 Å². The maximum atomic E-state index is 12.2. The highest BCUT2D eigenvalue weighted by Gasteiger charge is 2.20. The molecule has 2 aromatic rings. The zero-order valence-corrected chi connectivity index (χ0v) is 13.5. The van der Waals surface area contributed by atoms with Crippen LogP contribution in [0.2, 0.25) is 0 Å². The van der Waals surface area contributed by atoms with E-state index < -0.39 is 18.5 Å². The van der Waals surface area contributed by atoms with Gasteiger partial charge in [-0.25, -0.2) is 4.79 Å². The van der Waals surface area contributed by atoms with Gasteiger partial charge in [0.1, 0.15) is 18.1 Å². The van der Waals surface area contributed by atoms with E-state index in [9.17, 15) is 9.59 Å². The number of ketones is 1. The largest absolute Gasteiger partial charge is 0.506 e. The maximum Gasteiger partial charge on any atom is 0.506 e. The molecule has 2 rings (SSSR count). The minimum atomic E-state index is -1.54. The molecular weight excluding hydrogens is 326 g/mol. The van der Waals surface area contributed by atoms with Gasteiger partial charge < -0.3 is 19.3 Å². The summed E-state index contributed by atoms with van der Waals surface area (Å²) in [7, 11) is 1.37. The third-order valence-electron chi connectivity index (χ3n) is 3.13. The van der Waals surface area contributed by atoms with Gasteiger partial charge in [0.25, 0.3) is 0 Å². The molecule has 0 radical (unpaired) electrons. The Morgan fingerprint density at radius 2 is 1.92 bits per heavy atom. The first-order valence-corrected chi connectivity index (χ1v) is 7.36. The number of pyridine rings is 1. The van der Waals surface area contributed by atoms with Crippen LogP contribution in [0, 0.1) is 0 Å². The van der Waals surface area contributed by atoms with Crippen molar-refractivity contribution in [1.82, 2.24) is 4.98 Å². The number of aromatic nitrogens is 1. The first kappa shape index (κ1) is 18.0. The van der Waals surface area contributed by atoms with Crippen molar-refractivity contribution in [2.24, 2.45) is 0 Å². The van der Waals surface area contributed by atoms with Crippen LogP contribution in [0.25, 0.3) is 5.57 Å². The number of nitrogens with zero attached hydrogens (tertiary/aromatic N) is 1. The van der Waals surface area contributed by atoms with Gasteiger partial charge in [-0.15, -0.1) is 0 Å². The lowest BCUT2D eigenvalue weighted by molar-refractivity contribution is -0.117. The maximum absolute atomic E-state index is 12.2. The van der Waals surface area contributed by atoms with Crippen LogP contribution < -0.4 is 4.74 Å². The number of benzene rings is 1. The standard InChI is InChI=1S/C18H17NO6/c1-23-11-14(15(20)12-25-18(21)22)17-16(8-5-9-19-17)24-10-13-6-3-2-4-7-13/h2-9,11H,10,12H2,1H3,(H,21,22). The minimum absolute atomic E-state index is 0.0624. The van der Waals surface area contributed by atoms with Crippen molar-refractivity contribution in [3.63, 3.8) is 0 Å². The summed E-state index contributed by atoms with van der Waals surface area (Å²) in [5.74, 6) is -0.217. The number of carbonyl (C=O) groups excluding carboxylic acids is 1. The summed E-state index contributed by atoms with van der Waals surface area (Å²) in [6, 6.07) is 12.9. The summed E-state index contributed by atoms with van der Waals surface area (Å²) in [6.07, 6.45) is 1.15. The van der Waals surface area contributed by atoms with E-state index in [4.69, 9.17) is 14.6 Å². The fraction of sp³-hybridized carbons (Fsp3) is 0.167. The zero-order valence-electron chi connectivity index (χ0n) is 13.5. The van der Waals surface area contributed by atoms with Gasteiger partial charge in [-0.1, -0.05) is 30.3 Å². The van der Waals surface area contributed by atoms with Gasteiger partial charge in [-0.3, -0.25) is 9.78 Å². The molecule has 1 aromatic carbocycles. The van der Waals surface area contributed by atoms with E-state index in [0.29, 0.717) is 12.4 Å². The average Bonchev–Trinajstić information content (AvgIpc) is 2.63. The van der Waals surface area contributed by atoms with E-state index in [1.165, 1.54) is 19.6 Å².